The topological polar surface area (TPSA) is 97.9 Å². The van der Waals surface area contributed by atoms with Crippen molar-refractivity contribution in [2.24, 2.45) is 0 Å². The standard InChI is InChI=1S/C17H23N4O4/c1-12(10-13-6-4-3-5-7-13)20(2)11-15-18-17(19-25-15)14-8-9-16(24-14)21(22)23/h3-7,12,14,16,22H,8-11H2,1-2H3/q-1. The summed E-state index contributed by atoms with van der Waals surface area (Å²) in [6.07, 6.45) is 0.659. The van der Waals surface area contributed by atoms with Crippen LogP contribution in [0.25, 0.3) is 0 Å². The highest BCUT2D eigenvalue weighted by Gasteiger charge is 2.31. The number of hydrogen-bond acceptors (Lipinski definition) is 8. The molecule has 1 aromatic heterocycles. The molecule has 3 unspecified atom stereocenters. The van der Waals surface area contributed by atoms with Gasteiger partial charge in [-0.2, -0.15) is 4.98 Å². The monoisotopic (exact) mass is 347 g/mol. The molecular formula is C17H23N4O4-. The van der Waals surface area contributed by atoms with Crippen LogP contribution in [0.3, 0.4) is 0 Å². The van der Waals surface area contributed by atoms with Crippen molar-refractivity contribution in [3.63, 3.8) is 0 Å². The van der Waals surface area contributed by atoms with Gasteiger partial charge in [0, 0.05) is 6.04 Å². The summed E-state index contributed by atoms with van der Waals surface area (Å²) in [6, 6.07) is 10.6. The molecule has 0 aliphatic carbocycles. The molecule has 3 atom stereocenters. The molecule has 1 aromatic carbocycles. The average molecular weight is 347 g/mol. The van der Waals surface area contributed by atoms with E-state index in [1.54, 1.807) is 0 Å². The smallest absolute Gasteiger partial charge is 0.240 e. The summed E-state index contributed by atoms with van der Waals surface area (Å²) >= 11 is 0. The second kappa shape index (κ2) is 8.03. The van der Waals surface area contributed by atoms with E-state index < -0.39 is 12.3 Å². The van der Waals surface area contributed by atoms with E-state index in [0.717, 1.165) is 6.42 Å². The van der Waals surface area contributed by atoms with Crippen molar-refractivity contribution in [2.75, 3.05) is 7.05 Å². The maximum atomic E-state index is 10.9. The molecule has 0 spiro atoms. The minimum absolute atomic E-state index is 0.167. The minimum atomic E-state index is -0.861. The normalized spacial score (nSPS) is 22.0. The summed E-state index contributed by atoms with van der Waals surface area (Å²) in [4.78, 5) is 6.52. The van der Waals surface area contributed by atoms with E-state index in [1.165, 1.54) is 5.56 Å². The van der Waals surface area contributed by atoms with Gasteiger partial charge in [-0.05, 0) is 38.8 Å². The molecule has 8 nitrogen and oxygen atoms in total. The average Bonchev–Trinajstić information content (AvgIpc) is 3.24. The predicted octanol–water partition coefficient (Wildman–Crippen LogP) is 2.50. The summed E-state index contributed by atoms with van der Waals surface area (Å²) in [5.74, 6) is 0.927. The van der Waals surface area contributed by atoms with Gasteiger partial charge in [0.1, 0.15) is 12.3 Å². The van der Waals surface area contributed by atoms with Crippen LogP contribution in [0.2, 0.25) is 0 Å². The van der Waals surface area contributed by atoms with Gasteiger partial charge in [0.15, 0.2) is 0 Å². The molecule has 1 fully saturated rings. The highest BCUT2D eigenvalue weighted by Crippen LogP contribution is 2.31. The molecule has 3 rings (SSSR count). The van der Waals surface area contributed by atoms with Crippen LogP contribution in [0.4, 0.5) is 0 Å². The lowest BCUT2D eigenvalue weighted by Crippen LogP contribution is -2.30. The largest absolute Gasteiger partial charge is 0.760 e. The molecule has 136 valence electrons. The molecule has 0 bridgehead atoms. The van der Waals surface area contributed by atoms with E-state index in [4.69, 9.17) is 14.5 Å². The van der Waals surface area contributed by atoms with Gasteiger partial charge in [0.05, 0.1) is 6.54 Å². The maximum absolute atomic E-state index is 10.9. The number of likely N-dealkylation sites (N-methyl/N-ethyl adjacent to an activating group) is 1. The number of rotatable bonds is 7. The van der Waals surface area contributed by atoms with E-state index in [2.05, 4.69) is 34.1 Å². The Hall–Kier alpha value is -1.84. The molecule has 25 heavy (non-hydrogen) atoms. The van der Waals surface area contributed by atoms with Crippen LogP contribution in [0.5, 0.6) is 0 Å². The van der Waals surface area contributed by atoms with Crippen LogP contribution in [0.1, 0.15) is 43.1 Å². The van der Waals surface area contributed by atoms with Gasteiger partial charge in [-0.15, -0.1) is 0 Å². The summed E-state index contributed by atoms with van der Waals surface area (Å²) in [5.41, 5.74) is 1.28. The molecule has 1 N–H and O–H groups in total. The Bertz CT molecular complexity index is 664. The predicted molar refractivity (Wildman–Crippen MR) is 89.2 cm³/mol. The first-order valence-corrected chi connectivity index (χ1v) is 8.40. The molecule has 1 aliphatic heterocycles. The first-order chi connectivity index (χ1) is 12.0. The second-order valence-electron chi connectivity index (χ2n) is 6.46. The third-order valence-electron chi connectivity index (χ3n) is 4.53. The Morgan fingerprint density at radius 1 is 1.32 bits per heavy atom. The van der Waals surface area contributed by atoms with Crippen LogP contribution < -0.4 is 0 Å². The highest BCUT2D eigenvalue weighted by molar-refractivity contribution is 5.15. The lowest BCUT2D eigenvalue weighted by atomic mass is 10.1. The Morgan fingerprint density at radius 3 is 2.76 bits per heavy atom. The number of benzene rings is 1. The zero-order chi connectivity index (χ0) is 17.8. The third kappa shape index (κ3) is 4.62. The van der Waals surface area contributed by atoms with Gasteiger partial charge < -0.3 is 19.7 Å². The van der Waals surface area contributed by atoms with Crippen molar-refractivity contribution in [1.82, 2.24) is 20.3 Å². The van der Waals surface area contributed by atoms with E-state index >= 15 is 0 Å². The van der Waals surface area contributed by atoms with Crippen LogP contribution in [0, 0.1) is 5.21 Å². The van der Waals surface area contributed by atoms with Crippen molar-refractivity contribution < 1.29 is 14.5 Å². The van der Waals surface area contributed by atoms with Gasteiger partial charge >= 0.3 is 0 Å². The maximum Gasteiger partial charge on any atom is 0.240 e. The molecule has 8 heteroatoms. The number of hydroxylamine groups is 2. The zero-order valence-electron chi connectivity index (χ0n) is 14.4. The Kier molecular flexibility index (Phi) is 5.77. The van der Waals surface area contributed by atoms with Crippen LogP contribution in [-0.2, 0) is 17.7 Å². The van der Waals surface area contributed by atoms with E-state index in [0.29, 0.717) is 37.1 Å². The SMILES string of the molecule is CC(Cc1ccccc1)N(C)Cc1nc(C2CCC(N([O-])O)O2)no1. The Morgan fingerprint density at radius 2 is 2.08 bits per heavy atom. The summed E-state index contributed by atoms with van der Waals surface area (Å²) in [6.45, 7) is 2.68. The molecule has 1 aliphatic rings. The van der Waals surface area contributed by atoms with Crippen molar-refractivity contribution >= 4 is 0 Å². The minimum Gasteiger partial charge on any atom is -0.760 e. The molecule has 0 radical (unpaired) electrons. The summed E-state index contributed by atoms with van der Waals surface area (Å²) in [5, 5.41) is 23.6. The molecule has 0 saturated carbocycles. The van der Waals surface area contributed by atoms with Gasteiger partial charge in [0.2, 0.25) is 11.7 Å². The van der Waals surface area contributed by atoms with Gasteiger partial charge in [-0.1, -0.05) is 35.5 Å². The fraction of sp³-hybridized carbons (Fsp3) is 0.529. The van der Waals surface area contributed by atoms with Crippen LogP contribution in [-0.4, -0.2) is 44.8 Å². The van der Waals surface area contributed by atoms with E-state index in [-0.39, 0.29) is 5.23 Å². The van der Waals surface area contributed by atoms with Crippen molar-refractivity contribution in [1.29, 1.82) is 0 Å². The number of ether oxygens (including phenoxy) is 1. The highest BCUT2D eigenvalue weighted by atomic mass is 16.8. The van der Waals surface area contributed by atoms with Crippen LogP contribution in [0.15, 0.2) is 34.9 Å². The van der Waals surface area contributed by atoms with Gasteiger partial charge in [-0.3, -0.25) is 4.90 Å². The first-order valence-electron chi connectivity index (χ1n) is 8.40. The lowest BCUT2D eigenvalue weighted by Gasteiger charge is -2.26. The van der Waals surface area contributed by atoms with Crippen LogP contribution >= 0.6 is 0 Å². The molecule has 2 aromatic rings. The Balaban J connectivity index is 1.54. The fourth-order valence-corrected chi connectivity index (χ4v) is 2.92. The molecule has 0 amide bonds. The quantitative estimate of drug-likeness (QED) is 0.763. The zero-order valence-corrected chi connectivity index (χ0v) is 14.4. The number of hydrogen-bond donors (Lipinski definition) is 1. The van der Waals surface area contributed by atoms with Crippen molar-refractivity contribution in [3.8, 4) is 0 Å². The third-order valence-corrected chi connectivity index (χ3v) is 4.53. The Labute approximate surface area is 146 Å². The van der Waals surface area contributed by atoms with Crippen molar-refractivity contribution in [3.05, 3.63) is 52.8 Å². The van der Waals surface area contributed by atoms with Crippen molar-refractivity contribution in [2.45, 2.75) is 51.1 Å². The van der Waals surface area contributed by atoms with E-state index in [1.807, 2.05) is 25.2 Å². The number of nitrogens with zero attached hydrogens (tertiary/aromatic N) is 4. The van der Waals surface area contributed by atoms with Gasteiger partial charge in [0.25, 0.3) is 0 Å². The van der Waals surface area contributed by atoms with E-state index in [9.17, 15) is 5.21 Å². The summed E-state index contributed by atoms with van der Waals surface area (Å²) < 4.78 is 10.7. The fourth-order valence-electron chi connectivity index (χ4n) is 2.92. The first kappa shape index (κ1) is 18.0. The summed E-state index contributed by atoms with van der Waals surface area (Å²) in [7, 11) is 2.01. The molecule has 2 heterocycles. The molecule has 1 saturated heterocycles. The number of aromatic nitrogens is 2. The molecular weight excluding hydrogens is 324 g/mol. The second-order valence-corrected chi connectivity index (χ2v) is 6.46. The lowest BCUT2D eigenvalue weighted by molar-refractivity contribution is -0.178. The van der Waals surface area contributed by atoms with Gasteiger partial charge in [-0.25, -0.2) is 5.23 Å².